The van der Waals surface area contributed by atoms with Gasteiger partial charge in [-0.05, 0) is 37.8 Å². The molecule has 0 N–H and O–H groups in total. The van der Waals surface area contributed by atoms with Crippen LogP contribution in [0.2, 0.25) is 0 Å². The van der Waals surface area contributed by atoms with E-state index in [1.807, 2.05) is 7.05 Å². The summed E-state index contributed by atoms with van der Waals surface area (Å²) in [5.74, 6) is 1.22. The molecule has 0 aromatic heterocycles. The summed E-state index contributed by atoms with van der Waals surface area (Å²) in [5, 5.41) is 0. The van der Waals surface area contributed by atoms with Crippen LogP contribution in [0, 0.1) is 6.92 Å². The molecule has 136 valence electrons. The normalized spacial score (nSPS) is 21.0. The van der Waals surface area contributed by atoms with Gasteiger partial charge in [0.2, 0.25) is 0 Å². The largest absolute Gasteiger partial charge is 0.369 e. The second-order valence-corrected chi connectivity index (χ2v) is 7.18. The summed E-state index contributed by atoms with van der Waals surface area (Å²) in [5.41, 5.74) is 4.01. The summed E-state index contributed by atoms with van der Waals surface area (Å²) in [7, 11) is 1.91. The number of hydrogen-bond donors (Lipinski definition) is 0. The summed E-state index contributed by atoms with van der Waals surface area (Å²) >= 11 is 0. The van der Waals surface area contributed by atoms with Crippen molar-refractivity contribution in [3.8, 4) is 0 Å². The molecule has 2 heterocycles. The van der Waals surface area contributed by atoms with Gasteiger partial charge in [0.05, 0.1) is 0 Å². The zero-order valence-corrected chi connectivity index (χ0v) is 15.9. The molecule has 1 aromatic rings. The number of rotatable bonds is 5. The maximum atomic E-state index is 4.46. The van der Waals surface area contributed by atoms with E-state index in [0.717, 1.165) is 52.1 Å². The molecule has 0 atom stereocenters. The average molecular weight is 341 g/mol. The summed E-state index contributed by atoms with van der Waals surface area (Å²) in [6, 6.07) is 8.71. The molecule has 0 spiro atoms. The number of nitrogens with zero attached hydrogens (tertiary/aromatic N) is 4. The third kappa shape index (κ3) is 4.43. The van der Waals surface area contributed by atoms with E-state index in [-0.39, 0.29) is 0 Å². The van der Waals surface area contributed by atoms with Crippen molar-refractivity contribution in [2.45, 2.75) is 32.6 Å². The molecule has 0 bridgehead atoms. The number of amidine groups is 1. The molecule has 0 saturated carbocycles. The Labute approximate surface area is 152 Å². The van der Waals surface area contributed by atoms with E-state index in [2.05, 4.69) is 57.5 Å². The molecule has 25 heavy (non-hydrogen) atoms. The molecular weight excluding hydrogens is 308 g/mol. The minimum atomic E-state index is 1.05. The Morgan fingerprint density at radius 3 is 2.56 bits per heavy atom. The van der Waals surface area contributed by atoms with E-state index in [9.17, 15) is 0 Å². The topological polar surface area (TPSA) is 22.1 Å². The molecule has 3 rings (SSSR count). The van der Waals surface area contributed by atoms with Crippen molar-refractivity contribution in [2.24, 2.45) is 4.99 Å². The number of piperazine rings is 1. The van der Waals surface area contributed by atoms with Crippen molar-refractivity contribution >= 4 is 11.5 Å². The van der Waals surface area contributed by atoms with Gasteiger partial charge in [0.15, 0.2) is 0 Å². The van der Waals surface area contributed by atoms with Crippen LogP contribution < -0.4 is 4.90 Å². The highest BCUT2D eigenvalue weighted by Gasteiger charge is 2.21. The first-order chi connectivity index (χ1) is 12.2. The van der Waals surface area contributed by atoms with E-state index < -0.39 is 0 Å². The van der Waals surface area contributed by atoms with Crippen LogP contribution >= 0.6 is 0 Å². The van der Waals surface area contributed by atoms with Crippen LogP contribution in [0.25, 0.3) is 0 Å². The number of hydrogen-bond acceptors (Lipinski definition) is 3. The van der Waals surface area contributed by atoms with Gasteiger partial charge in [-0.3, -0.25) is 9.89 Å². The molecule has 2 saturated heterocycles. The average Bonchev–Trinajstić information content (AvgIpc) is 2.67. The number of aliphatic imine (C=N–C) groups is 1. The molecule has 1 aromatic carbocycles. The monoisotopic (exact) mass is 340 g/mol. The van der Waals surface area contributed by atoms with Crippen molar-refractivity contribution in [3.63, 3.8) is 0 Å². The lowest BCUT2D eigenvalue weighted by molar-refractivity contribution is 0.254. The van der Waals surface area contributed by atoms with Crippen LogP contribution in [0.1, 0.15) is 31.2 Å². The Morgan fingerprint density at radius 1 is 1.08 bits per heavy atom. The first kappa shape index (κ1) is 18.0. The second-order valence-electron chi connectivity index (χ2n) is 7.18. The Morgan fingerprint density at radius 2 is 1.84 bits per heavy atom. The van der Waals surface area contributed by atoms with E-state index in [1.165, 1.54) is 35.6 Å². The quantitative estimate of drug-likeness (QED) is 0.818. The third-order valence-corrected chi connectivity index (χ3v) is 5.53. The summed E-state index contributed by atoms with van der Waals surface area (Å²) in [6.07, 6.45) is 4.67. The number of aryl methyl sites for hydroxylation is 1. The number of likely N-dealkylation sites (tertiary alicyclic amines) is 1. The highest BCUT2D eigenvalue weighted by Crippen LogP contribution is 2.22. The Hall–Kier alpha value is -1.81. The van der Waals surface area contributed by atoms with Crippen molar-refractivity contribution in [3.05, 3.63) is 42.1 Å². The van der Waals surface area contributed by atoms with Crippen molar-refractivity contribution < 1.29 is 0 Å². The van der Waals surface area contributed by atoms with Crippen LogP contribution in [0.3, 0.4) is 0 Å². The van der Waals surface area contributed by atoms with Gasteiger partial charge in [-0.2, -0.15) is 0 Å². The third-order valence-electron chi connectivity index (χ3n) is 5.53. The van der Waals surface area contributed by atoms with Gasteiger partial charge in [-0.1, -0.05) is 24.8 Å². The van der Waals surface area contributed by atoms with Crippen LogP contribution in [0.4, 0.5) is 5.69 Å². The van der Waals surface area contributed by atoms with E-state index in [4.69, 9.17) is 0 Å². The molecular formula is C21H32N4. The van der Waals surface area contributed by atoms with Crippen molar-refractivity contribution in [1.29, 1.82) is 0 Å². The number of para-hydroxylation sites is 1. The maximum Gasteiger partial charge on any atom is 0.103 e. The molecule has 2 fully saturated rings. The first-order valence-corrected chi connectivity index (χ1v) is 9.63. The number of piperidine rings is 1. The Kier molecular flexibility index (Phi) is 6.14. The van der Waals surface area contributed by atoms with Crippen molar-refractivity contribution in [2.75, 3.05) is 51.2 Å². The minimum Gasteiger partial charge on any atom is -0.369 e. The Bertz CT molecular complexity index is 614. The fourth-order valence-corrected chi connectivity index (χ4v) is 3.94. The predicted octanol–water partition coefficient (Wildman–Crippen LogP) is 3.54. The summed E-state index contributed by atoms with van der Waals surface area (Å²) < 4.78 is 0. The van der Waals surface area contributed by atoms with Gasteiger partial charge in [-0.25, -0.2) is 0 Å². The first-order valence-electron chi connectivity index (χ1n) is 9.63. The van der Waals surface area contributed by atoms with Crippen LogP contribution in [0.5, 0.6) is 0 Å². The van der Waals surface area contributed by atoms with Gasteiger partial charge in [0, 0.05) is 64.1 Å². The Balaban J connectivity index is 1.46. The number of benzene rings is 1. The number of anilines is 1. The molecule has 4 heteroatoms. The molecule has 0 unspecified atom stereocenters. The predicted molar refractivity (Wildman–Crippen MR) is 108 cm³/mol. The highest BCUT2D eigenvalue weighted by molar-refractivity contribution is 5.84. The van der Waals surface area contributed by atoms with Gasteiger partial charge in [0.1, 0.15) is 5.84 Å². The van der Waals surface area contributed by atoms with Crippen LogP contribution in [-0.2, 0) is 0 Å². The standard InChI is InChI=1S/C21H32N4/c1-18-8-4-5-9-20(18)24-16-14-23(15-17-24)13-11-19(2)25-12-7-6-10-21(25)22-3/h4-5,8-9H,2,6-7,10-17H2,1,3H3. The molecule has 0 radical (unpaired) electrons. The lowest BCUT2D eigenvalue weighted by Gasteiger charge is -2.38. The van der Waals surface area contributed by atoms with Crippen LogP contribution in [0.15, 0.2) is 41.5 Å². The van der Waals surface area contributed by atoms with Crippen molar-refractivity contribution in [1.82, 2.24) is 9.80 Å². The lowest BCUT2D eigenvalue weighted by atomic mass is 10.1. The molecule has 0 amide bonds. The minimum absolute atomic E-state index is 1.05. The zero-order chi connectivity index (χ0) is 17.6. The fraction of sp³-hybridized carbons (Fsp3) is 0.571. The van der Waals surface area contributed by atoms with Gasteiger partial charge in [-0.15, -0.1) is 0 Å². The van der Waals surface area contributed by atoms with Gasteiger partial charge >= 0.3 is 0 Å². The molecule has 0 aliphatic carbocycles. The molecule has 4 nitrogen and oxygen atoms in total. The smallest absolute Gasteiger partial charge is 0.103 e. The summed E-state index contributed by atoms with van der Waals surface area (Å²) in [4.78, 5) is 11.9. The van der Waals surface area contributed by atoms with Crippen LogP contribution in [-0.4, -0.2) is 62.0 Å². The molecule has 2 aliphatic rings. The summed E-state index contributed by atoms with van der Waals surface area (Å²) in [6.45, 7) is 13.2. The van der Waals surface area contributed by atoms with Gasteiger partial charge in [0.25, 0.3) is 0 Å². The molecule has 2 aliphatic heterocycles. The van der Waals surface area contributed by atoms with E-state index in [0.29, 0.717) is 0 Å². The second kappa shape index (κ2) is 8.52. The SMILES string of the molecule is C=C(CCN1CCN(c2ccccc2C)CC1)N1CCCCC1=NC. The highest BCUT2D eigenvalue weighted by atomic mass is 15.3. The fourth-order valence-electron chi connectivity index (χ4n) is 3.94. The van der Waals surface area contributed by atoms with E-state index in [1.54, 1.807) is 0 Å². The zero-order valence-electron chi connectivity index (χ0n) is 15.9. The van der Waals surface area contributed by atoms with Gasteiger partial charge < -0.3 is 9.80 Å². The van der Waals surface area contributed by atoms with E-state index >= 15 is 0 Å². The lowest BCUT2D eigenvalue weighted by Crippen LogP contribution is -2.47. The maximum absolute atomic E-state index is 4.46.